The molecule has 0 spiro atoms. The van der Waals surface area contributed by atoms with E-state index in [2.05, 4.69) is 10.6 Å². The van der Waals surface area contributed by atoms with Crippen molar-refractivity contribution in [1.82, 2.24) is 10.6 Å². The number of methoxy groups -OCH3 is 1. The van der Waals surface area contributed by atoms with Gasteiger partial charge in [0.25, 0.3) is 5.91 Å². The van der Waals surface area contributed by atoms with Crippen LogP contribution >= 0.6 is 0 Å². The van der Waals surface area contributed by atoms with Crippen LogP contribution in [0.1, 0.15) is 35.3 Å². The van der Waals surface area contributed by atoms with Gasteiger partial charge in [0.15, 0.2) is 0 Å². The van der Waals surface area contributed by atoms with E-state index in [4.69, 9.17) is 4.74 Å². The fourth-order valence-corrected chi connectivity index (χ4v) is 2.55. The molecule has 1 unspecified atom stereocenters. The van der Waals surface area contributed by atoms with Gasteiger partial charge in [0, 0.05) is 12.1 Å². The van der Waals surface area contributed by atoms with Gasteiger partial charge in [-0.2, -0.15) is 0 Å². The van der Waals surface area contributed by atoms with E-state index >= 15 is 0 Å². The summed E-state index contributed by atoms with van der Waals surface area (Å²) in [5.41, 5.74) is 2.56. The normalized spacial score (nSPS) is 11.7. The summed E-state index contributed by atoms with van der Waals surface area (Å²) < 4.78 is 5.19. The van der Waals surface area contributed by atoms with Crippen molar-refractivity contribution in [3.05, 3.63) is 65.2 Å². The Morgan fingerprint density at radius 2 is 1.77 bits per heavy atom. The first-order valence-electron chi connectivity index (χ1n) is 8.69. The zero-order valence-electron chi connectivity index (χ0n) is 15.7. The largest absolute Gasteiger partial charge is 0.497 e. The van der Waals surface area contributed by atoms with Gasteiger partial charge >= 0.3 is 0 Å². The maximum absolute atomic E-state index is 12.6. The lowest BCUT2D eigenvalue weighted by Crippen LogP contribution is -2.49. The van der Waals surface area contributed by atoms with Crippen LogP contribution < -0.4 is 15.4 Å². The molecule has 0 aliphatic carbocycles. The first-order chi connectivity index (χ1) is 12.4. The smallest absolute Gasteiger partial charge is 0.251 e. The van der Waals surface area contributed by atoms with E-state index in [1.807, 2.05) is 57.2 Å². The van der Waals surface area contributed by atoms with Crippen molar-refractivity contribution in [2.24, 2.45) is 5.92 Å². The van der Waals surface area contributed by atoms with E-state index < -0.39 is 6.04 Å². The molecule has 0 radical (unpaired) electrons. The number of carbonyl (C=O) groups is 2. The van der Waals surface area contributed by atoms with Crippen LogP contribution in [0, 0.1) is 12.8 Å². The van der Waals surface area contributed by atoms with Crippen LogP contribution in [-0.2, 0) is 11.3 Å². The van der Waals surface area contributed by atoms with Gasteiger partial charge in [-0.25, -0.2) is 0 Å². The molecule has 26 heavy (non-hydrogen) atoms. The van der Waals surface area contributed by atoms with E-state index in [0.717, 1.165) is 16.9 Å². The van der Waals surface area contributed by atoms with Gasteiger partial charge in [0.1, 0.15) is 11.8 Å². The molecular weight excluding hydrogens is 328 g/mol. The van der Waals surface area contributed by atoms with Crippen molar-refractivity contribution in [1.29, 1.82) is 0 Å². The summed E-state index contributed by atoms with van der Waals surface area (Å²) in [6, 6.07) is 14.2. The maximum atomic E-state index is 12.6. The van der Waals surface area contributed by atoms with Crippen LogP contribution in [0.15, 0.2) is 48.5 Å². The third-order valence-electron chi connectivity index (χ3n) is 4.15. The lowest BCUT2D eigenvalue weighted by molar-refractivity contribution is -0.124. The number of benzene rings is 2. The summed E-state index contributed by atoms with van der Waals surface area (Å²) in [6.45, 7) is 6.15. The van der Waals surface area contributed by atoms with Gasteiger partial charge in [0.05, 0.1) is 7.11 Å². The molecule has 5 nitrogen and oxygen atoms in total. The first kappa shape index (κ1) is 19.5. The Hall–Kier alpha value is -2.82. The van der Waals surface area contributed by atoms with E-state index in [-0.39, 0.29) is 17.7 Å². The summed E-state index contributed by atoms with van der Waals surface area (Å²) in [7, 11) is 1.60. The quantitative estimate of drug-likeness (QED) is 0.803. The lowest BCUT2D eigenvalue weighted by Gasteiger charge is -2.22. The molecule has 2 aromatic carbocycles. The van der Waals surface area contributed by atoms with Crippen LogP contribution in [0.25, 0.3) is 0 Å². The highest BCUT2D eigenvalue weighted by atomic mass is 16.5. The average Bonchev–Trinajstić information content (AvgIpc) is 2.64. The molecular formula is C21H26N2O3. The van der Waals surface area contributed by atoms with E-state index in [0.29, 0.717) is 12.1 Å². The minimum Gasteiger partial charge on any atom is -0.497 e. The molecule has 2 rings (SSSR count). The Morgan fingerprint density at radius 3 is 2.38 bits per heavy atom. The Morgan fingerprint density at radius 1 is 1.08 bits per heavy atom. The number of hydrogen-bond acceptors (Lipinski definition) is 3. The molecule has 2 N–H and O–H groups in total. The highest BCUT2D eigenvalue weighted by molar-refractivity contribution is 5.97. The van der Waals surface area contributed by atoms with Gasteiger partial charge in [0.2, 0.25) is 5.91 Å². The van der Waals surface area contributed by atoms with Crippen molar-refractivity contribution < 1.29 is 14.3 Å². The standard InChI is InChI=1S/C21H26N2O3/c1-14(2)19(23-20(24)17-10-8-15(3)9-11-17)21(25)22-13-16-6-5-7-18(12-16)26-4/h5-12,14,19H,13H2,1-4H3,(H,22,25)(H,23,24). The zero-order valence-corrected chi connectivity index (χ0v) is 15.7. The predicted molar refractivity (Wildman–Crippen MR) is 102 cm³/mol. The van der Waals surface area contributed by atoms with Crippen molar-refractivity contribution in [2.75, 3.05) is 7.11 Å². The molecule has 0 saturated carbocycles. The third kappa shape index (κ3) is 5.34. The van der Waals surface area contributed by atoms with E-state index in [1.165, 1.54) is 0 Å². The lowest BCUT2D eigenvalue weighted by atomic mass is 10.0. The predicted octanol–water partition coefficient (Wildman–Crippen LogP) is 3.07. The fraction of sp³-hybridized carbons (Fsp3) is 0.333. The molecule has 2 aromatic rings. The van der Waals surface area contributed by atoms with Gasteiger partial charge < -0.3 is 15.4 Å². The minimum absolute atomic E-state index is 0.0327. The second-order valence-corrected chi connectivity index (χ2v) is 6.63. The van der Waals surface area contributed by atoms with Crippen LogP contribution in [0.3, 0.4) is 0 Å². The summed E-state index contributed by atoms with van der Waals surface area (Å²) >= 11 is 0. The monoisotopic (exact) mass is 354 g/mol. The number of amides is 2. The highest BCUT2D eigenvalue weighted by Gasteiger charge is 2.24. The molecule has 0 bridgehead atoms. The van der Waals surface area contributed by atoms with Crippen LogP contribution in [0.4, 0.5) is 0 Å². The molecule has 0 saturated heterocycles. The van der Waals surface area contributed by atoms with Gasteiger partial charge in [-0.3, -0.25) is 9.59 Å². The molecule has 0 aliphatic heterocycles. The Balaban J connectivity index is 2.00. The van der Waals surface area contributed by atoms with Crippen LogP contribution in [0.2, 0.25) is 0 Å². The molecule has 2 amide bonds. The number of hydrogen-bond donors (Lipinski definition) is 2. The summed E-state index contributed by atoms with van der Waals surface area (Å²) in [4.78, 5) is 25.0. The van der Waals surface area contributed by atoms with Crippen LogP contribution in [0.5, 0.6) is 5.75 Å². The molecule has 0 aliphatic rings. The van der Waals surface area contributed by atoms with Gasteiger partial charge in [-0.15, -0.1) is 0 Å². The topological polar surface area (TPSA) is 67.4 Å². The minimum atomic E-state index is -0.602. The SMILES string of the molecule is COc1cccc(CNC(=O)C(NC(=O)c2ccc(C)cc2)C(C)C)c1. The van der Waals surface area contributed by atoms with Gasteiger partial charge in [-0.1, -0.05) is 43.7 Å². The summed E-state index contributed by atoms with van der Waals surface area (Å²) in [5.74, 6) is 0.253. The van der Waals surface area contributed by atoms with Crippen LogP contribution in [-0.4, -0.2) is 25.0 Å². The highest BCUT2D eigenvalue weighted by Crippen LogP contribution is 2.13. The molecule has 5 heteroatoms. The van der Waals surface area contributed by atoms with E-state index in [9.17, 15) is 9.59 Å². The Labute approximate surface area is 154 Å². The second kappa shape index (κ2) is 9.04. The Bertz CT molecular complexity index is 754. The zero-order chi connectivity index (χ0) is 19.1. The first-order valence-corrected chi connectivity index (χ1v) is 8.69. The molecule has 0 fully saturated rings. The number of rotatable bonds is 7. The Kier molecular flexibility index (Phi) is 6.78. The van der Waals surface area contributed by atoms with E-state index in [1.54, 1.807) is 19.2 Å². The average molecular weight is 354 g/mol. The third-order valence-corrected chi connectivity index (χ3v) is 4.15. The number of ether oxygens (including phenoxy) is 1. The fourth-order valence-electron chi connectivity index (χ4n) is 2.55. The summed E-state index contributed by atoms with van der Waals surface area (Å²) in [6.07, 6.45) is 0. The molecule has 1 atom stereocenters. The van der Waals surface area contributed by atoms with Gasteiger partial charge in [-0.05, 0) is 42.7 Å². The number of carbonyl (C=O) groups excluding carboxylic acids is 2. The second-order valence-electron chi connectivity index (χ2n) is 6.63. The molecule has 138 valence electrons. The molecule has 0 heterocycles. The van der Waals surface area contributed by atoms with Crippen molar-refractivity contribution in [3.63, 3.8) is 0 Å². The van der Waals surface area contributed by atoms with Crippen molar-refractivity contribution in [3.8, 4) is 5.75 Å². The van der Waals surface area contributed by atoms with Crippen molar-refractivity contribution in [2.45, 2.75) is 33.4 Å². The van der Waals surface area contributed by atoms with Crippen molar-refractivity contribution >= 4 is 11.8 Å². The number of nitrogens with one attached hydrogen (secondary N) is 2. The summed E-state index contributed by atoms with van der Waals surface area (Å²) in [5, 5.41) is 5.72. The number of aryl methyl sites for hydroxylation is 1. The molecule has 0 aromatic heterocycles. The maximum Gasteiger partial charge on any atom is 0.251 e.